The van der Waals surface area contributed by atoms with E-state index in [-0.39, 0.29) is 5.75 Å². The topological polar surface area (TPSA) is 53.8 Å². The normalized spacial score (nSPS) is 18.4. The van der Waals surface area contributed by atoms with E-state index >= 15 is 0 Å². The highest BCUT2D eigenvalue weighted by Crippen LogP contribution is 2.28. The first-order valence-electron chi connectivity index (χ1n) is 5.16. The Morgan fingerprint density at radius 1 is 1.24 bits per heavy atom. The van der Waals surface area contributed by atoms with Crippen molar-refractivity contribution in [2.24, 2.45) is 5.10 Å². The number of nitrogens with one attached hydrogen (secondary N) is 1. The fraction of sp³-hybridized carbons (Fsp3) is 0.0833. The number of phenols is 1. The molecule has 0 saturated heterocycles. The summed E-state index contributed by atoms with van der Waals surface area (Å²) >= 11 is 1.56. The molecule has 4 nitrogen and oxygen atoms in total. The molecule has 0 radical (unpaired) electrons. The third kappa shape index (κ3) is 1.85. The zero-order chi connectivity index (χ0) is 11.7. The Kier molecular flexibility index (Phi) is 2.45. The van der Waals surface area contributed by atoms with Gasteiger partial charge in [-0.2, -0.15) is 0 Å². The van der Waals surface area contributed by atoms with E-state index in [0.717, 1.165) is 4.88 Å². The summed E-state index contributed by atoms with van der Waals surface area (Å²) in [4.78, 5) is 0.968. The second kappa shape index (κ2) is 4.10. The first kappa shape index (κ1) is 10.2. The van der Waals surface area contributed by atoms with E-state index in [1.54, 1.807) is 29.5 Å². The Labute approximate surface area is 102 Å². The molecule has 3 rings (SSSR count). The van der Waals surface area contributed by atoms with Crippen molar-refractivity contribution in [3.63, 3.8) is 0 Å². The van der Waals surface area contributed by atoms with Gasteiger partial charge in [-0.25, -0.2) is 0 Å². The third-order valence-electron chi connectivity index (χ3n) is 2.46. The molecule has 1 aliphatic rings. The average molecular weight is 246 g/mol. The van der Waals surface area contributed by atoms with Crippen LogP contribution in [0.2, 0.25) is 0 Å². The Balaban J connectivity index is 1.81. The zero-order valence-electron chi connectivity index (χ0n) is 8.83. The molecule has 0 spiro atoms. The van der Waals surface area contributed by atoms with Crippen LogP contribution in [0.25, 0.3) is 0 Å². The quantitative estimate of drug-likeness (QED) is 0.855. The molecule has 1 aliphatic heterocycles. The number of hydrogen-bond acceptors (Lipinski definition) is 5. The lowest BCUT2D eigenvalue weighted by atomic mass is 10.2. The second-order valence-electron chi connectivity index (χ2n) is 3.58. The summed E-state index contributed by atoms with van der Waals surface area (Å²) in [5.74, 6) is 0.765. The predicted octanol–water partition coefficient (Wildman–Crippen LogP) is 2.43. The van der Waals surface area contributed by atoms with E-state index < -0.39 is 6.23 Å². The molecule has 1 atom stereocenters. The summed E-state index contributed by atoms with van der Waals surface area (Å²) in [6, 6.07) is 10.9. The Morgan fingerprint density at radius 2 is 2.12 bits per heavy atom. The third-order valence-corrected chi connectivity index (χ3v) is 3.32. The number of hydrazone groups is 1. The largest absolute Gasteiger partial charge is 0.507 e. The number of hydrogen-bond donors (Lipinski definition) is 2. The summed E-state index contributed by atoms with van der Waals surface area (Å²) in [6.45, 7) is 0. The van der Waals surface area contributed by atoms with Crippen molar-refractivity contribution in [3.05, 3.63) is 52.2 Å². The van der Waals surface area contributed by atoms with Gasteiger partial charge in [0.1, 0.15) is 5.75 Å². The van der Waals surface area contributed by atoms with E-state index in [0.29, 0.717) is 11.5 Å². The summed E-state index contributed by atoms with van der Waals surface area (Å²) in [7, 11) is 0. The van der Waals surface area contributed by atoms with Gasteiger partial charge in [-0.1, -0.05) is 18.2 Å². The molecule has 0 bridgehead atoms. The van der Waals surface area contributed by atoms with Crippen molar-refractivity contribution < 1.29 is 9.84 Å². The van der Waals surface area contributed by atoms with Gasteiger partial charge >= 0.3 is 0 Å². The fourth-order valence-electron chi connectivity index (χ4n) is 1.64. The molecule has 0 aliphatic carbocycles. The van der Waals surface area contributed by atoms with E-state index in [1.807, 2.05) is 23.6 Å². The number of rotatable bonds is 2. The van der Waals surface area contributed by atoms with Gasteiger partial charge in [0.15, 0.2) is 0 Å². The van der Waals surface area contributed by atoms with E-state index in [4.69, 9.17) is 4.74 Å². The van der Waals surface area contributed by atoms with Crippen molar-refractivity contribution in [1.82, 2.24) is 5.43 Å². The molecule has 17 heavy (non-hydrogen) atoms. The van der Waals surface area contributed by atoms with E-state index in [1.165, 1.54) is 0 Å². The molecule has 1 aromatic carbocycles. The predicted molar refractivity (Wildman–Crippen MR) is 65.9 cm³/mol. The van der Waals surface area contributed by atoms with Gasteiger partial charge in [0.25, 0.3) is 5.90 Å². The number of thiophene rings is 1. The minimum Gasteiger partial charge on any atom is -0.507 e. The molecular formula is C12H10N2O2S. The maximum absolute atomic E-state index is 9.72. The Hall–Kier alpha value is -2.01. The summed E-state index contributed by atoms with van der Waals surface area (Å²) in [5.41, 5.74) is 3.55. The number of para-hydroxylation sites is 1. The minimum absolute atomic E-state index is 0.202. The van der Waals surface area contributed by atoms with E-state index in [9.17, 15) is 5.11 Å². The summed E-state index contributed by atoms with van der Waals surface area (Å²) < 4.78 is 5.66. The molecule has 2 N–H and O–H groups in total. The zero-order valence-corrected chi connectivity index (χ0v) is 9.65. The SMILES string of the molecule is Oc1ccccc1C1NN=C(c2cccs2)O1. The van der Waals surface area contributed by atoms with Gasteiger partial charge in [0.05, 0.1) is 10.4 Å². The lowest BCUT2D eigenvalue weighted by molar-refractivity contribution is 0.188. The molecule has 0 fully saturated rings. The van der Waals surface area contributed by atoms with Crippen molar-refractivity contribution in [1.29, 1.82) is 0 Å². The number of phenolic OH excluding ortho intramolecular Hbond substituents is 1. The molecule has 86 valence electrons. The van der Waals surface area contributed by atoms with Crippen LogP contribution in [0.5, 0.6) is 5.75 Å². The van der Waals surface area contributed by atoms with Crippen molar-refractivity contribution in [2.75, 3.05) is 0 Å². The number of nitrogens with zero attached hydrogens (tertiary/aromatic N) is 1. The highest BCUT2D eigenvalue weighted by Gasteiger charge is 2.24. The Morgan fingerprint density at radius 3 is 2.88 bits per heavy atom. The van der Waals surface area contributed by atoms with E-state index in [2.05, 4.69) is 10.5 Å². The van der Waals surface area contributed by atoms with Crippen LogP contribution in [0.4, 0.5) is 0 Å². The number of ether oxygens (including phenoxy) is 1. The summed E-state index contributed by atoms with van der Waals surface area (Å²) in [5, 5.41) is 15.8. The summed E-state index contributed by atoms with van der Waals surface area (Å²) in [6.07, 6.45) is -0.423. The first-order valence-corrected chi connectivity index (χ1v) is 6.04. The van der Waals surface area contributed by atoms with Crippen LogP contribution in [0.3, 0.4) is 0 Å². The first-order chi connectivity index (χ1) is 8.34. The molecule has 0 saturated carbocycles. The monoisotopic (exact) mass is 246 g/mol. The highest BCUT2D eigenvalue weighted by molar-refractivity contribution is 7.12. The van der Waals surface area contributed by atoms with Gasteiger partial charge in [-0.05, 0) is 23.6 Å². The molecule has 0 amide bonds. The molecule has 2 aromatic rings. The number of aromatic hydroxyl groups is 1. The lowest BCUT2D eigenvalue weighted by Gasteiger charge is -2.12. The van der Waals surface area contributed by atoms with Gasteiger partial charge in [0.2, 0.25) is 6.23 Å². The van der Waals surface area contributed by atoms with Crippen molar-refractivity contribution >= 4 is 17.2 Å². The van der Waals surface area contributed by atoms with Crippen LogP contribution in [0, 0.1) is 0 Å². The Bertz CT molecular complexity index is 551. The smallest absolute Gasteiger partial charge is 0.250 e. The van der Waals surface area contributed by atoms with Gasteiger partial charge in [-0.15, -0.1) is 16.4 Å². The van der Waals surface area contributed by atoms with Crippen LogP contribution < -0.4 is 5.43 Å². The highest BCUT2D eigenvalue weighted by atomic mass is 32.1. The molecular weight excluding hydrogens is 236 g/mol. The van der Waals surface area contributed by atoms with Gasteiger partial charge < -0.3 is 9.84 Å². The van der Waals surface area contributed by atoms with Crippen LogP contribution in [0.15, 0.2) is 46.9 Å². The maximum Gasteiger partial charge on any atom is 0.250 e. The van der Waals surface area contributed by atoms with Crippen molar-refractivity contribution in [3.8, 4) is 5.75 Å². The van der Waals surface area contributed by atoms with Crippen LogP contribution in [-0.4, -0.2) is 11.0 Å². The lowest BCUT2D eigenvalue weighted by Crippen LogP contribution is -2.12. The number of benzene rings is 1. The van der Waals surface area contributed by atoms with Gasteiger partial charge in [0, 0.05) is 0 Å². The molecule has 5 heteroatoms. The molecule has 2 heterocycles. The minimum atomic E-state index is -0.423. The van der Waals surface area contributed by atoms with Gasteiger partial charge in [-0.3, -0.25) is 5.43 Å². The van der Waals surface area contributed by atoms with Crippen LogP contribution in [0.1, 0.15) is 16.7 Å². The standard InChI is InChI=1S/C12H10N2O2S/c15-9-5-2-1-4-8(9)11-13-14-12(16-11)10-6-3-7-17-10/h1-7,11,13,15H. The van der Waals surface area contributed by atoms with Crippen LogP contribution >= 0.6 is 11.3 Å². The average Bonchev–Trinajstić information content (AvgIpc) is 3.00. The fourth-order valence-corrected chi connectivity index (χ4v) is 2.29. The molecule has 1 unspecified atom stereocenters. The molecule has 1 aromatic heterocycles. The second-order valence-corrected chi connectivity index (χ2v) is 4.53. The van der Waals surface area contributed by atoms with Crippen molar-refractivity contribution in [2.45, 2.75) is 6.23 Å². The van der Waals surface area contributed by atoms with Crippen LogP contribution in [-0.2, 0) is 4.74 Å². The maximum atomic E-state index is 9.72.